The van der Waals surface area contributed by atoms with Gasteiger partial charge in [-0.3, -0.25) is 0 Å². The molecule has 188 valence electrons. The average Bonchev–Trinajstić information content (AvgIpc) is 2.86. The number of para-hydroxylation sites is 1. The Morgan fingerprint density at radius 2 is 1.92 bits per heavy atom. The number of hydrogen-bond acceptors (Lipinski definition) is 6. The first-order valence-electron chi connectivity index (χ1n) is 12.1. The number of pyridine rings is 1. The zero-order valence-electron chi connectivity index (χ0n) is 21.4. The fourth-order valence-electron chi connectivity index (χ4n) is 4.15. The number of rotatable bonds is 5. The second kappa shape index (κ2) is 10.9. The van der Waals surface area contributed by atoms with Crippen molar-refractivity contribution in [1.82, 2.24) is 4.98 Å². The topological polar surface area (TPSA) is 63.7 Å². The second-order valence-corrected chi connectivity index (χ2v) is 15.1. The molecule has 1 aliphatic rings. The molecule has 4 rings (SSSR count). The number of aromatic nitrogens is 1. The standard InChI is InChI=1S/C28H32ClN3O3Si/c1-19(30-25-9-7-6-8-22(25)28(33)34-2)23-17-21(29)18-24-20(10-15-36(3,4)5)16-26(31-27(23)24)32-11-13-35-14-12-32/h6-9,16-19,30H,11-14H2,1-5H3. The van der Waals surface area contributed by atoms with Crippen LogP contribution in [0.5, 0.6) is 0 Å². The van der Waals surface area contributed by atoms with Gasteiger partial charge in [0.05, 0.1) is 37.4 Å². The molecule has 2 heterocycles. The Hall–Kier alpha value is -3.05. The van der Waals surface area contributed by atoms with E-state index in [9.17, 15) is 4.79 Å². The monoisotopic (exact) mass is 521 g/mol. The SMILES string of the molecule is COC(=O)c1ccccc1NC(C)c1cc(Cl)cc2c(C#C[Si](C)(C)C)cc(N3CCOCC3)nc12. The number of ether oxygens (including phenoxy) is 2. The Balaban J connectivity index is 1.85. The van der Waals surface area contributed by atoms with E-state index in [2.05, 4.69) is 47.4 Å². The van der Waals surface area contributed by atoms with Crippen molar-refractivity contribution in [3.8, 4) is 11.5 Å². The van der Waals surface area contributed by atoms with Crippen molar-refractivity contribution in [2.75, 3.05) is 43.6 Å². The van der Waals surface area contributed by atoms with Gasteiger partial charge in [-0.25, -0.2) is 9.78 Å². The molecule has 1 aliphatic heterocycles. The average molecular weight is 522 g/mol. The highest BCUT2D eigenvalue weighted by molar-refractivity contribution is 6.83. The molecule has 1 saturated heterocycles. The molecule has 2 aromatic carbocycles. The Kier molecular flexibility index (Phi) is 7.89. The minimum absolute atomic E-state index is 0.192. The van der Waals surface area contributed by atoms with Crippen molar-refractivity contribution < 1.29 is 14.3 Å². The van der Waals surface area contributed by atoms with Gasteiger partial charge in [0, 0.05) is 40.3 Å². The van der Waals surface area contributed by atoms with Crippen molar-refractivity contribution in [2.45, 2.75) is 32.6 Å². The van der Waals surface area contributed by atoms with Gasteiger partial charge in [0.15, 0.2) is 0 Å². The highest BCUT2D eigenvalue weighted by Crippen LogP contribution is 2.34. The number of anilines is 2. The largest absolute Gasteiger partial charge is 0.465 e. The van der Waals surface area contributed by atoms with Crippen molar-refractivity contribution in [3.05, 3.63) is 64.2 Å². The van der Waals surface area contributed by atoms with Gasteiger partial charge in [0.25, 0.3) is 0 Å². The number of nitrogens with one attached hydrogen (secondary N) is 1. The molecule has 1 unspecified atom stereocenters. The zero-order chi connectivity index (χ0) is 25.9. The molecule has 1 aromatic heterocycles. The first-order valence-corrected chi connectivity index (χ1v) is 16.0. The van der Waals surface area contributed by atoms with Crippen LogP contribution in [0.25, 0.3) is 10.9 Å². The summed E-state index contributed by atoms with van der Waals surface area (Å²) in [4.78, 5) is 19.7. The number of benzene rings is 2. The minimum atomic E-state index is -1.61. The number of nitrogens with zero attached hydrogens (tertiary/aromatic N) is 2. The molecular weight excluding hydrogens is 490 g/mol. The molecule has 0 aliphatic carbocycles. The minimum Gasteiger partial charge on any atom is -0.465 e. The van der Waals surface area contributed by atoms with Gasteiger partial charge >= 0.3 is 5.97 Å². The number of methoxy groups -OCH3 is 1. The van der Waals surface area contributed by atoms with Crippen LogP contribution in [-0.2, 0) is 9.47 Å². The first-order chi connectivity index (χ1) is 17.2. The third-order valence-corrected chi connectivity index (χ3v) is 7.07. The molecule has 6 nitrogen and oxygen atoms in total. The molecular formula is C28H32ClN3O3Si. The molecule has 0 amide bonds. The third-order valence-electron chi connectivity index (χ3n) is 5.97. The molecule has 3 aromatic rings. The lowest BCUT2D eigenvalue weighted by atomic mass is 10.00. The van der Waals surface area contributed by atoms with E-state index in [1.165, 1.54) is 7.11 Å². The molecule has 0 radical (unpaired) electrons. The Morgan fingerprint density at radius 3 is 2.61 bits per heavy atom. The van der Waals surface area contributed by atoms with Gasteiger partial charge in [0.1, 0.15) is 13.9 Å². The number of morpholine rings is 1. The number of carbonyl (C=O) groups excluding carboxylic acids is 1. The summed E-state index contributed by atoms with van der Waals surface area (Å²) < 4.78 is 10.5. The van der Waals surface area contributed by atoms with Gasteiger partial charge in [-0.2, -0.15) is 0 Å². The number of halogens is 1. The molecule has 0 saturated carbocycles. The van der Waals surface area contributed by atoms with Crippen molar-refractivity contribution in [2.24, 2.45) is 0 Å². The normalized spacial score (nSPS) is 14.7. The predicted octanol–water partition coefficient (Wildman–Crippen LogP) is 5.91. The van der Waals surface area contributed by atoms with E-state index < -0.39 is 14.0 Å². The molecule has 1 fully saturated rings. The predicted molar refractivity (Wildman–Crippen MR) is 150 cm³/mol. The highest BCUT2D eigenvalue weighted by atomic mass is 35.5. The van der Waals surface area contributed by atoms with E-state index in [1.807, 2.05) is 37.3 Å². The number of hydrogen-bond donors (Lipinski definition) is 1. The maximum Gasteiger partial charge on any atom is 0.339 e. The lowest BCUT2D eigenvalue weighted by molar-refractivity contribution is 0.0601. The van der Waals surface area contributed by atoms with E-state index in [-0.39, 0.29) is 6.04 Å². The van der Waals surface area contributed by atoms with E-state index in [0.717, 1.165) is 40.9 Å². The number of carbonyl (C=O) groups is 1. The van der Waals surface area contributed by atoms with Gasteiger partial charge in [-0.1, -0.05) is 49.3 Å². The maximum absolute atomic E-state index is 12.3. The Morgan fingerprint density at radius 1 is 1.19 bits per heavy atom. The summed E-state index contributed by atoms with van der Waals surface area (Å²) in [6, 6.07) is 13.1. The Bertz CT molecular complexity index is 1340. The van der Waals surface area contributed by atoms with Gasteiger partial charge in [0.2, 0.25) is 0 Å². The van der Waals surface area contributed by atoms with E-state index in [4.69, 9.17) is 26.1 Å². The van der Waals surface area contributed by atoms with Crippen LogP contribution in [0.15, 0.2) is 42.5 Å². The van der Waals surface area contributed by atoms with E-state index in [0.29, 0.717) is 29.5 Å². The maximum atomic E-state index is 12.3. The summed E-state index contributed by atoms with van der Waals surface area (Å²) in [6.45, 7) is 11.6. The quantitative estimate of drug-likeness (QED) is 0.256. The molecule has 1 atom stereocenters. The Labute approximate surface area is 219 Å². The third kappa shape index (κ3) is 6.01. The lowest BCUT2D eigenvalue weighted by Gasteiger charge is -2.29. The molecule has 8 heteroatoms. The summed E-state index contributed by atoms with van der Waals surface area (Å²) in [7, 11) is -0.227. The molecule has 0 spiro atoms. The first kappa shape index (κ1) is 26.0. The van der Waals surface area contributed by atoms with Crippen LogP contribution in [0.3, 0.4) is 0 Å². The van der Waals surface area contributed by atoms with E-state index in [1.54, 1.807) is 6.07 Å². The van der Waals surface area contributed by atoms with E-state index >= 15 is 0 Å². The summed E-state index contributed by atoms with van der Waals surface area (Å²) in [5.41, 5.74) is 7.37. The molecule has 36 heavy (non-hydrogen) atoms. The zero-order valence-corrected chi connectivity index (χ0v) is 23.2. The summed E-state index contributed by atoms with van der Waals surface area (Å²) in [5.74, 6) is 3.95. The van der Waals surface area contributed by atoms with Crippen LogP contribution >= 0.6 is 11.6 Å². The fraction of sp³-hybridized carbons (Fsp3) is 0.357. The summed E-state index contributed by atoms with van der Waals surface area (Å²) in [6.07, 6.45) is 0. The van der Waals surface area contributed by atoms with Crippen LogP contribution < -0.4 is 10.2 Å². The van der Waals surface area contributed by atoms with Crippen LogP contribution in [0.4, 0.5) is 11.5 Å². The number of fused-ring (bicyclic) bond motifs is 1. The van der Waals surface area contributed by atoms with Crippen molar-refractivity contribution >= 4 is 48.1 Å². The second-order valence-electron chi connectivity index (χ2n) is 9.92. The summed E-state index contributed by atoms with van der Waals surface area (Å²) >= 11 is 6.63. The van der Waals surface area contributed by atoms with Crippen LogP contribution in [0.1, 0.15) is 34.5 Å². The van der Waals surface area contributed by atoms with Gasteiger partial charge < -0.3 is 19.7 Å². The van der Waals surface area contributed by atoms with Gasteiger partial charge in [-0.05, 0) is 37.3 Å². The molecule has 0 bridgehead atoms. The molecule has 1 N–H and O–H groups in total. The lowest BCUT2D eigenvalue weighted by Crippen LogP contribution is -2.36. The van der Waals surface area contributed by atoms with Crippen molar-refractivity contribution in [1.29, 1.82) is 0 Å². The number of esters is 1. The van der Waals surface area contributed by atoms with Crippen LogP contribution in [0, 0.1) is 11.5 Å². The summed E-state index contributed by atoms with van der Waals surface area (Å²) in [5, 5.41) is 5.02. The van der Waals surface area contributed by atoms with Crippen LogP contribution in [-0.4, -0.2) is 52.4 Å². The van der Waals surface area contributed by atoms with Gasteiger partial charge in [-0.15, -0.1) is 5.54 Å². The smallest absolute Gasteiger partial charge is 0.339 e. The van der Waals surface area contributed by atoms with Crippen LogP contribution in [0.2, 0.25) is 24.7 Å². The fourth-order valence-corrected chi connectivity index (χ4v) is 4.89. The van der Waals surface area contributed by atoms with Crippen molar-refractivity contribution in [3.63, 3.8) is 0 Å². The highest BCUT2D eigenvalue weighted by Gasteiger charge is 2.21.